The first kappa shape index (κ1) is 18.7. The molecule has 0 saturated carbocycles. The maximum absolute atomic E-state index is 11.0. The molecule has 0 aliphatic heterocycles. The maximum atomic E-state index is 11.0. The topological polar surface area (TPSA) is 101 Å². The minimum Gasteiger partial charge on any atom is -0.470 e. The molecule has 0 aliphatic carbocycles. The predicted molar refractivity (Wildman–Crippen MR) is 89.0 cm³/mol. The molecule has 0 radical (unpaired) electrons. The monoisotopic (exact) mass is 347 g/mol. The van der Waals surface area contributed by atoms with Crippen molar-refractivity contribution in [3.8, 4) is 5.88 Å². The lowest BCUT2D eigenvalue weighted by atomic mass is 10.2. The number of ether oxygens (including phenoxy) is 1. The van der Waals surface area contributed by atoms with Gasteiger partial charge in [0.15, 0.2) is 8.32 Å². The third kappa shape index (κ3) is 4.55. The number of nitro groups is 1. The highest BCUT2D eigenvalue weighted by Gasteiger charge is 2.37. The Morgan fingerprint density at radius 3 is 2.50 bits per heavy atom. The van der Waals surface area contributed by atoms with E-state index in [9.17, 15) is 10.1 Å². The first-order valence-electron chi connectivity index (χ1n) is 6.83. The van der Waals surface area contributed by atoms with Gasteiger partial charge in [-0.15, -0.1) is 0 Å². The average Bonchev–Trinajstić information content (AvgIpc) is 2.31. The zero-order valence-electron chi connectivity index (χ0n) is 13.5. The lowest BCUT2D eigenvalue weighted by Gasteiger charge is -2.36. The zero-order valence-corrected chi connectivity index (χ0v) is 15.2. The number of hydrogen-bond donors (Lipinski definition) is 1. The number of nitrogens with two attached hydrogens (primary N) is 1. The van der Waals surface area contributed by atoms with Gasteiger partial charge in [0.05, 0.1) is 11.5 Å². The fourth-order valence-electron chi connectivity index (χ4n) is 1.44. The molecule has 0 unspecified atom stereocenters. The van der Waals surface area contributed by atoms with Crippen LogP contribution in [-0.4, -0.2) is 31.4 Å². The number of nitrogen functional groups attached to an aromatic ring is 1. The average molecular weight is 348 g/mol. The second kappa shape index (κ2) is 6.80. The molecule has 9 heteroatoms. The molecular formula is C13H22ClN3O4Si. The summed E-state index contributed by atoms with van der Waals surface area (Å²) >= 11 is 5.75. The maximum Gasteiger partial charge on any atom is 0.353 e. The molecule has 0 aliphatic rings. The number of anilines is 1. The van der Waals surface area contributed by atoms with E-state index < -0.39 is 13.2 Å². The zero-order chi connectivity index (χ0) is 17.1. The first-order chi connectivity index (χ1) is 9.95. The number of halogens is 1. The van der Waals surface area contributed by atoms with Gasteiger partial charge in [-0.2, -0.15) is 4.98 Å². The lowest BCUT2D eigenvalue weighted by Crippen LogP contribution is -2.41. The molecule has 1 rings (SSSR count). The Balaban J connectivity index is 2.72. The van der Waals surface area contributed by atoms with Gasteiger partial charge >= 0.3 is 5.69 Å². The van der Waals surface area contributed by atoms with Crippen LogP contribution in [-0.2, 0) is 4.43 Å². The summed E-state index contributed by atoms with van der Waals surface area (Å²) in [5.41, 5.74) is 5.13. The molecule has 1 aromatic rings. The highest BCUT2D eigenvalue weighted by Crippen LogP contribution is 2.36. The summed E-state index contributed by atoms with van der Waals surface area (Å²) in [5, 5.41) is 11.1. The summed E-state index contributed by atoms with van der Waals surface area (Å²) in [7, 11) is -1.89. The van der Waals surface area contributed by atoms with E-state index in [0.29, 0.717) is 6.61 Å². The number of aromatic nitrogens is 1. The first-order valence-corrected chi connectivity index (χ1v) is 10.1. The van der Waals surface area contributed by atoms with Crippen LogP contribution in [0.5, 0.6) is 5.88 Å². The van der Waals surface area contributed by atoms with Gasteiger partial charge < -0.3 is 14.9 Å². The quantitative estimate of drug-likeness (QED) is 0.277. The van der Waals surface area contributed by atoms with E-state index in [4.69, 9.17) is 26.5 Å². The molecular weight excluding hydrogens is 326 g/mol. The Morgan fingerprint density at radius 2 is 2.00 bits per heavy atom. The van der Waals surface area contributed by atoms with Crippen LogP contribution in [0.25, 0.3) is 0 Å². The third-order valence-electron chi connectivity index (χ3n) is 3.73. The molecule has 1 aromatic heterocycles. The van der Waals surface area contributed by atoms with Crippen molar-refractivity contribution in [2.75, 3.05) is 18.9 Å². The van der Waals surface area contributed by atoms with Crippen molar-refractivity contribution in [3.63, 3.8) is 0 Å². The summed E-state index contributed by atoms with van der Waals surface area (Å²) in [4.78, 5) is 14.2. The van der Waals surface area contributed by atoms with Crippen LogP contribution >= 0.6 is 11.6 Å². The van der Waals surface area contributed by atoms with Gasteiger partial charge in [-0.3, -0.25) is 10.1 Å². The summed E-state index contributed by atoms with van der Waals surface area (Å²) in [6.45, 7) is 11.1. The fraction of sp³-hybridized carbons (Fsp3) is 0.615. The lowest BCUT2D eigenvalue weighted by molar-refractivity contribution is -0.385. The summed E-state index contributed by atoms with van der Waals surface area (Å²) < 4.78 is 11.3. The SMILES string of the molecule is CC(C)(C)[Si](C)(C)OCCOc1nc(Cl)cc(N)c1[N+](=O)[O-]. The molecule has 0 amide bonds. The standard InChI is InChI=1S/C13H22ClN3O4Si/c1-13(2,3)22(4,5)21-7-6-20-12-11(17(18)19)9(15)8-10(14)16-12/h8H,6-7H2,1-5H3,(H2,15,16). The van der Waals surface area contributed by atoms with Crippen LogP contribution in [0.2, 0.25) is 23.3 Å². The van der Waals surface area contributed by atoms with E-state index in [-0.39, 0.29) is 34.1 Å². The van der Waals surface area contributed by atoms with Gasteiger partial charge in [-0.1, -0.05) is 32.4 Å². The fourth-order valence-corrected chi connectivity index (χ4v) is 2.66. The Bertz CT molecular complexity index is 561. The molecule has 0 fully saturated rings. The van der Waals surface area contributed by atoms with Crippen molar-refractivity contribution in [2.24, 2.45) is 0 Å². The smallest absolute Gasteiger partial charge is 0.353 e. The molecule has 22 heavy (non-hydrogen) atoms. The molecule has 0 saturated heterocycles. The van der Waals surface area contributed by atoms with E-state index in [1.165, 1.54) is 6.07 Å². The second-order valence-corrected chi connectivity index (χ2v) is 11.6. The number of rotatable bonds is 6. The van der Waals surface area contributed by atoms with Gasteiger partial charge in [-0.05, 0) is 18.1 Å². The van der Waals surface area contributed by atoms with Gasteiger partial charge in [-0.25, -0.2) is 0 Å². The Labute approximate surface area is 136 Å². The van der Waals surface area contributed by atoms with Crippen molar-refractivity contribution in [1.29, 1.82) is 0 Å². The van der Waals surface area contributed by atoms with Crippen molar-refractivity contribution < 1.29 is 14.1 Å². The van der Waals surface area contributed by atoms with Crippen LogP contribution in [0.15, 0.2) is 6.07 Å². The van der Waals surface area contributed by atoms with Crippen LogP contribution in [0.3, 0.4) is 0 Å². The van der Waals surface area contributed by atoms with E-state index in [2.05, 4.69) is 38.8 Å². The van der Waals surface area contributed by atoms with E-state index in [0.717, 1.165) is 0 Å². The van der Waals surface area contributed by atoms with Crippen LogP contribution in [0.4, 0.5) is 11.4 Å². The molecule has 2 N–H and O–H groups in total. The highest BCUT2D eigenvalue weighted by molar-refractivity contribution is 6.74. The molecule has 124 valence electrons. The molecule has 1 heterocycles. The van der Waals surface area contributed by atoms with Crippen LogP contribution in [0.1, 0.15) is 20.8 Å². The molecule has 7 nitrogen and oxygen atoms in total. The Hall–Kier alpha value is -1.38. The van der Waals surface area contributed by atoms with Crippen LogP contribution in [0, 0.1) is 10.1 Å². The van der Waals surface area contributed by atoms with E-state index in [1.807, 2.05) is 0 Å². The summed E-state index contributed by atoms with van der Waals surface area (Å²) in [6.07, 6.45) is 0. The minimum atomic E-state index is -1.89. The molecule has 0 atom stereocenters. The van der Waals surface area contributed by atoms with Gasteiger partial charge in [0.2, 0.25) is 0 Å². The van der Waals surface area contributed by atoms with Crippen molar-refractivity contribution in [3.05, 3.63) is 21.3 Å². The normalized spacial score (nSPS) is 12.3. The summed E-state index contributed by atoms with van der Waals surface area (Å²) in [5.74, 6) is -0.186. The Kier molecular flexibility index (Phi) is 5.77. The van der Waals surface area contributed by atoms with E-state index >= 15 is 0 Å². The molecule has 0 spiro atoms. The van der Waals surface area contributed by atoms with Crippen LogP contribution < -0.4 is 10.5 Å². The van der Waals surface area contributed by atoms with Gasteiger partial charge in [0, 0.05) is 6.07 Å². The predicted octanol–water partition coefficient (Wildman–Crippen LogP) is 3.63. The number of nitrogens with zero attached hydrogens (tertiary/aromatic N) is 2. The third-order valence-corrected chi connectivity index (χ3v) is 8.46. The Morgan fingerprint density at radius 1 is 1.41 bits per heavy atom. The molecule has 0 bridgehead atoms. The van der Waals surface area contributed by atoms with Crippen molar-refractivity contribution in [2.45, 2.75) is 38.9 Å². The highest BCUT2D eigenvalue weighted by atomic mass is 35.5. The number of hydrogen-bond acceptors (Lipinski definition) is 6. The van der Waals surface area contributed by atoms with Crippen molar-refractivity contribution in [1.82, 2.24) is 4.98 Å². The van der Waals surface area contributed by atoms with Gasteiger partial charge in [0.1, 0.15) is 17.4 Å². The minimum absolute atomic E-state index is 0.0448. The van der Waals surface area contributed by atoms with Crippen molar-refractivity contribution >= 4 is 31.3 Å². The summed E-state index contributed by atoms with van der Waals surface area (Å²) in [6, 6.07) is 1.22. The van der Waals surface area contributed by atoms with E-state index in [1.54, 1.807) is 0 Å². The molecule has 0 aromatic carbocycles. The largest absolute Gasteiger partial charge is 0.470 e. The number of pyridine rings is 1. The van der Waals surface area contributed by atoms with Gasteiger partial charge in [0.25, 0.3) is 5.88 Å². The second-order valence-electron chi connectivity index (χ2n) is 6.40.